The Morgan fingerprint density at radius 2 is 2.20 bits per heavy atom. The molecule has 1 saturated heterocycles. The Labute approximate surface area is 124 Å². The normalized spacial score (nSPS) is 16.6. The summed E-state index contributed by atoms with van der Waals surface area (Å²) in [4.78, 5) is 24.1. The summed E-state index contributed by atoms with van der Waals surface area (Å²) in [6, 6.07) is 4.36. The first-order valence-electron chi connectivity index (χ1n) is 6.32. The molecule has 0 unspecified atom stereocenters. The van der Waals surface area contributed by atoms with Crippen LogP contribution in [0.1, 0.15) is 30.1 Å². The number of nitro groups is 1. The molecule has 1 fully saturated rings. The second-order valence-electron chi connectivity index (χ2n) is 5.03. The number of rotatable bonds is 4. The van der Waals surface area contributed by atoms with Crippen LogP contribution in [-0.4, -0.2) is 39.5 Å². The molecule has 0 spiro atoms. The van der Waals surface area contributed by atoms with Crippen LogP contribution in [0.5, 0.6) is 0 Å². The molecule has 1 aromatic carbocycles. The molecule has 0 atom stereocenters. The summed E-state index contributed by atoms with van der Waals surface area (Å²) in [6.07, 6.45) is 1.49. The van der Waals surface area contributed by atoms with E-state index in [1.165, 1.54) is 23.1 Å². The molecular weight excluding hydrogens is 328 g/mol. The van der Waals surface area contributed by atoms with Crippen LogP contribution in [0, 0.1) is 10.1 Å². The average Bonchev–Trinajstić information content (AvgIpc) is 2.35. The summed E-state index contributed by atoms with van der Waals surface area (Å²) in [5.41, 5.74) is -0.699. The van der Waals surface area contributed by atoms with Gasteiger partial charge in [0.25, 0.3) is 11.6 Å². The molecule has 2 rings (SSSR count). The van der Waals surface area contributed by atoms with Crippen molar-refractivity contribution in [2.45, 2.75) is 25.4 Å². The highest BCUT2D eigenvalue weighted by Gasteiger charge is 2.43. The second kappa shape index (κ2) is 5.49. The molecule has 0 saturated carbocycles. The lowest BCUT2D eigenvalue weighted by atomic mass is 9.89. The zero-order valence-corrected chi connectivity index (χ0v) is 12.6. The summed E-state index contributed by atoms with van der Waals surface area (Å²) in [5, 5.41) is 20.9. The standard InChI is InChI=1S/C13H15BrN2O4/c1-2-6-13(18)7-15(8-13)12(17)9-4-3-5-10(11(9)14)16(19)20/h3-5,18H,2,6-8H2,1H3. The van der Waals surface area contributed by atoms with Gasteiger partial charge in [0.1, 0.15) is 4.47 Å². The highest BCUT2D eigenvalue weighted by atomic mass is 79.9. The van der Waals surface area contributed by atoms with Gasteiger partial charge in [0.05, 0.1) is 29.2 Å². The molecule has 1 N–H and O–H groups in total. The van der Waals surface area contributed by atoms with Crippen LogP contribution in [-0.2, 0) is 0 Å². The summed E-state index contributed by atoms with van der Waals surface area (Å²) >= 11 is 3.11. The van der Waals surface area contributed by atoms with E-state index in [0.29, 0.717) is 6.42 Å². The van der Waals surface area contributed by atoms with Crippen molar-refractivity contribution in [1.29, 1.82) is 0 Å². The Morgan fingerprint density at radius 1 is 1.55 bits per heavy atom. The monoisotopic (exact) mass is 342 g/mol. The second-order valence-corrected chi connectivity index (χ2v) is 5.82. The molecule has 0 bridgehead atoms. The highest BCUT2D eigenvalue weighted by molar-refractivity contribution is 9.10. The van der Waals surface area contributed by atoms with Crippen molar-refractivity contribution in [3.63, 3.8) is 0 Å². The largest absolute Gasteiger partial charge is 0.386 e. The highest BCUT2D eigenvalue weighted by Crippen LogP contribution is 2.32. The summed E-state index contributed by atoms with van der Waals surface area (Å²) in [7, 11) is 0. The van der Waals surface area contributed by atoms with Crippen LogP contribution >= 0.6 is 15.9 Å². The molecule has 6 nitrogen and oxygen atoms in total. The molecule has 1 aromatic rings. The number of carbonyl (C=O) groups excluding carboxylic acids is 1. The van der Waals surface area contributed by atoms with E-state index in [1.807, 2.05) is 6.92 Å². The quantitative estimate of drug-likeness (QED) is 0.672. The van der Waals surface area contributed by atoms with Crippen LogP contribution in [0.15, 0.2) is 22.7 Å². The van der Waals surface area contributed by atoms with E-state index in [0.717, 1.165) is 6.42 Å². The van der Waals surface area contributed by atoms with E-state index in [-0.39, 0.29) is 34.7 Å². The van der Waals surface area contributed by atoms with Gasteiger partial charge in [-0.3, -0.25) is 14.9 Å². The first kappa shape index (κ1) is 14.9. The predicted molar refractivity (Wildman–Crippen MR) is 76.6 cm³/mol. The van der Waals surface area contributed by atoms with E-state index in [2.05, 4.69) is 15.9 Å². The molecule has 20 heavy (non-hydrogen) atoms. The fourth-order valence-electron chi connectivity index (χ4n) is 2.43. The molecule has 1 amide bonds. The SMILES string of the molecule is CCCC1(O)CN(C(=O)c2cccc([N+](=O)[O-])c2Br)C1. The fraction of sp³-hybridized carbons (Fsp3) is 0.462. The van der Waals surface area contributed by atoms with E-state index in [4.69, 9.17) is 0 Å². The number of halogens is 1. The van der Waals surface area contributed by atoms with Crippen molar-refractivity contribution < 1.29 is 14.8 Å². The minimum atomic E-state index is -0.808. The molecule has 0 aliphatic carbocycles. The maximum atomic E-state index is 12.3. The zero-order valence-electron chi connectivity index (χ0n) is 11.0. The third-order valence-corrected chi connectivity index (χ3v) is 4.21. The van der Waals surface area contributed by atoms with Gasteiger partial charge < -0.3 is 10.0 Å². The third-order valence-electron chi connectivity index (χ3n) is 3.38. The zero-order chi connectivity index (χ0) is 14.9. The Bertz CT molecular complexity index is 555. The summed E-state index contributed by atoms with van der Waals surface area (Å²) in [6.45, 7) is 2.52. The van der Waals surface area contributed by atoms with Crippen LogP contribution in [0.2, 0.25) is 0 Å². The summed E-state index contributed by atoms with van der Waals surface area (Å²) < 4.78 is 0.181. The Balaban J connectivity index is 2.16. The number of hydrogen-bond acceptors (Lipinski definition) is 4. The van der Waals surface area contributed by atoms with Crippen molar-refractivity contribution >= 4 is 27.5 Å². The smallest absolute Gasteiger partial charge is 0.284 e. The number of hydrogen-bond donors (Lipinski definition) is 1. The first-order chi connectivity index (χ1) is 9.38. The van der Waals surface area contributed by atoms with Gasteiger partial charge in [-0.2, -0.15) is 0 Å². The maximum absolute atomic E-state index is 12.3. The molecule has 7 heteroatoms. The van der Waals surface area contributed by atoms with Crippen molar-refractivity contribution in [3.05, 3.63) is 38.3 Å². The van der Waals surface area contributed by atoms with Crippen molar-refractivity contribution in [1.82, 2.24) is 4.90 Å². The number of nitrogens with zero attached hydrogens (tertiary/aromatic N) is 2. The average molecular weight is 343 g/mol. The van der Waals surface area contributed by atoms with Gasteiger partial charge in [0.2, 0.25) is 0 Å². The topological polar surface area (TPSA) is 83.7 Å². The van der Waals surface area contributed by atoms with Gasteiger partial charge in [-0.25, -0.2) is 0 Å². The number of likely N-dealkylation sites (tertiary alicyclic amines) is 1. The van der Waals surface area contributed by atoms with Gasteiger partial charge >= 0.3 is 0 Å². The summed E-state index contributed by atoms with van der Waals surface area (Å²) in [5.74, 6) is -0.304. The lowest BCUT2D eigenvalue weighted by Gasteiger charge is -2.46. The van der Waals surface area contributed by atoms with Gasteiger partial charge in [-0.1, -0.05) is 19.4 Å². The fourth-order valence-corrected chi connectivity index (χ4v) is 3.01. The lowest BCUT2D eigenvalue weighted by molar-refractivity contribution is -0.385. The van der Waals surface area contributed by atoms with Crippen molar-refractivity contribution in [2.75, 3.05) is 13.1 Å². The number of aliphatic hydroxyl groups is 1. The molecule has 0 aromatic heterocycles. The number of β-amino-alcohol motifs (C(OH)–C–C–N with tert-alkyl or cyclic N) is 1. The van der Waals surface area contributed by atoms with Crippen molar-refractivity contribution in [2.24, 2.45) is 0 Å². The Hall–Kier alpha value is -1.47. The molecule has 1 aliphatic heterocycles. The van der Waals surface area contributed by atoms with Gasteiger partial charge in [0.15, 0.2) is 0 Å². The van der Waals surface area contributed by atoms with Crippen LogP contribution < -0.4 is 0 Å². The first-order valence-corrected chi connectivity index (χ1v) is 7.12. The number of carbonyl (C=O) groups is 1. The van der Waals surface area contributed by atoms with Crippen molar-refractivity contribution in [3.8, 4) is 0 Å². The minimum absolute atomic E-state index is 0.139. The predicted octanol–water partition coefficient (Wildman–Crippen LogP) is 2.34. The van der Waals surface area contributed by atoms with E-state index >= 15 is 0 Å². The van der Waals surface area contributed by atoms with Crippen LogP contribution in [0.25, 0.3) is 0 Å². The number of benzene rings is 1. The lowest BCUT2D eigenvalue weighted by Crippen LogP contribution is -2.63. The number of amides is 1. The Morgan fingerprint density at radius 3 is 2.75 bits per heavy atom. The van der Waals surface area contributed by atoms with Gasteiger partial charge in [0, 0.05) is 6.07 Å². The van der Waals surface area contributed by atoms with Gasteiger partial charge in [-0.05, 0) is 28.4 Å². The van der Waals surface area contributed by atoms with E-state index in [9.17, 15) is 20.0 Å². The van der Waals surface area contributed by atoms with Crippen LogP contribution in [0.4, 0.5) is 5.69 Å². The molecular formula is C13H15BrN2O4. The molecule has 108 valence electrons. The molecule has 1 heterocycles. The molecule has 0 radical (unpaired) electrons. The minimum Gasteiger partial charge on any atom is -0.386 e. The van der Waals surface area contributed by atoms with E-state index in [1.54, 1.807) is 0 Å². The number of nitro benzene ring substituents is 1. The van der Waals surface area contributed by atoms with Crippen LogP contribution in [0.3, 0.4) is 0 Å². The third kappa shape index (κ3) is 2.69. The Kier molecular flexibility index (Phi) is 4.10. The van der Waals surface area contributed by atoms with E-state index < -0.39 is 10.5 Å². The molecule has 1 aliphatic rings. The van der Waals surface area contributed by atoms with Gasteiger partial charge in [-0.15, -0.1) is 0 Å². The maximum Gasteiger partial charge on any atom is 0.284 e.